The van der Waals surface area contributed by atoms with Crippen LogP contribution < -0.4 is 4.74 Å². The van der Waals surface area contributed by atoms with E-state index in [1.165, 1.54) is 0 Å². The molecule has 3 rings (SSSR count). The van der Waals surface area contributed by atoms with Crippen LogP contribution in [0.25, 0.3) is 0 Å². The summed E-state index contributed by atoms with van der Waals surface area (Å²) in [4.78, 5) is 6.79. The molecule has 2 aromatic heterocycles. The third kappa shape index (κ3) is 3.44. The largest absolute Gasteiger partial charge is 0.496 e. The van der Waals surface area contributed by atoms with Gasteiger partial charge in [0.05, 0.1) is 24.6 Å². The van der Waals surface area contributed by atoms with Crippen molar-refractivity contribution in [3.05, 3.63) is 40.5 Å². The number of hydrogen-bond donors (Lipinski definition) is 1. The molecule has 3 heterocycles. The highest BCUT2D eigenvalue weighted by Crippen LogP contribution is 2.27. The van der Waals surface area contributed by atoms with Crippen molar-refractivity contribution in [2.75, 3.05) is 20.2 Å². The minimum Gasteiger partial charge on any atom is -0.496 e. The van der Waals surface area contributed by atoms with Crippen LogP contribution in [-0.4, -0.2) is 46.5 Å². The average molecular weight is 331 g/mol. The maximum atomic E-state index is 10.4. The Morgan fingerprint density at radius 1 is 1.33 bits per heavy atom. The maximum Gasteiger partial charge on any atom is 0.137 e. The summed E-state index contributed by atoms with van der Waals surface area (Å²) in [5, 5.41) is 14.3. The summed E-state index contributed by atoms with van der Waals surface area (Å²) in [7, 11) is 1.69. The second kappa shape index (κ2) is 6.91. The molecule has 1 N–H and O–H groups in total. The van der Waals surface area contributed by atoms with Gasteiger partial charge in [-0.15, -0.1) is 0 Å². The quantitative estimate of drug-likeness (QED) is 0.904. The van der Waals surface area contributed by atoms with Gasteiger partial charge in [-0.1, -0.05) is 5.16 Å². The van der Waals surface area contributed by atoms with Crippen LogP contribution in [-0.2, 0) is 13.0 Å². The van der Waals surface area contributed by atoms with Crippen LogP contribution in [0.4, 0.5) is 0 Å². The summed E-state index contributed by atoms with van der Waals surface area (Å²) in [5.74, 6) is 1.89. The van der Waals surface area contributed by atoms with Crippen LogP contribution in [0.15, 0.2) is 16.8 Å². The lowest BCUT2D eigenvalue weighted by molar-refractivity contribution is 0.137. The lowest BCUT2D eigenvalue weighted by atomic mass is 10.0. The summed E-state index contributed by atoms with van der Waals surface area (Å²) in [6.07, 6.45) is 2.20. The van der Waals surface area contributed by atoms with E-state index in [-0.39, 0.29) is 12.0 Å². The molecule has 0 radical (unpaired) electrons. The van der Waals surface area contributed by atoms with E-state index in [1.807, 2.05) is 33.0 Å². The predicted molar refractivity (Wildman–Crippen MR) is 90.0 cm³/mol. The molecule has 130 valence electrons. The summed E-state index contributed by atoms with van der Waals surface area (Å²) in [6.45, 7) is 8.12. The van der Waals surface area contributed by atoms with E-state index in [9.17, 15) is 5.11 Å². The van der Waals surface area contributed by atoms with Gasteiger partial charge >= 0.3 is 0 Å². The molecule has 2 atom stereocenters. The van der Waals surface area contributed by atoms with Crippen molar-refractivity contribution in [1.29, 1.82) is 0 Å². The first-order chi connectivity index (χ1) is 11.5. The molecule has 1 saturated heterocycles. The minimum absolute atomic E-state index is 0.157. The Labute approximate surface area is 142 Å². The van der Waals surface area contributed by atoms with Gasteiger partial charge in [0.25, 0.3) is 0 Å². The van der Waals surface area contributed by atoms with Gasteiger partial charge in [0.15, 0.2) is 0 Å². The SMILES string of the molecule is COc1c(C)cnc(CN2C[C@@H](Cc3cc(C)no3)[C@H](O)C2)c1C. The molecule has 0 amide bonds. The number of pyridine rings is 1. The fourth-order valence-electron chi connectivity index (χ4n) is 3.48. The van der Waals surface area contributed by atoms with Crippen LogP contribution in [0, 0.1) is 26.7 Å². The molecule has 0 aliphatic carbocycles. The lowest BCUT2D eigenvalue weighted by Crippen LogP contribution is -2.22. The number of aliphatic hydroxyl groups is 1. The Bertz CT molecular complexity index is 714. The Kier molecular flexibility index (Phi) is 4.87. The third-order valence-electron chi connectivity index (χ3n) is 4.75. The van der Waals surface area contributed by atoms with E-state index in [0.717, 1.165) is 40.6 Å². The monoisotopic (exact) mass is 331 g/mol. The van der Waals surface area contributed by atoms with Gasteiger partial charge in [0.1, 0.15) is 11.5 Å². The maximum absolute atomic E-state index is 10.4. The van der Waals surface area contributed by atoms with Gasteiger partial charge in [-0.2, -0.15) is 0 Å². The van der Waals surface area contributed by atoms with E-state index in [4.69, 9.17) is 9.26 Å². The van der Waals surface area contributed by atoms with Crippen molar-refractivity contribution in [2.45, 2.75) is 39.8 Å². The standard InChI is InChI=1S/C18H25N3O3/c1-11-7-19-16(13(3)18(11)23-4)9-21-8-14(17(22)10-21)6-15-5-12(2)20-24-15/h5,7,14,17,22H,6,8-10H2,1-4H3/t14-,17-/m1/s1. The number of aromatic nitrogens is 2. The zero-order chi connectivity index (χ0) is 17.3. The summed E-state index contributed by atoms with van der Waals surface area (Å²) < 4.78 is 10.8. The highest BCUT2D eigenvalue weighted by Gasteiger charge is 2.32. The van der Waals surface area contributed by atoms with E-state index < -0.39 is 0 Å². The number of aliphatic hydroxyl groups excluding tert-OH is 1. The first kappa shape index (κ1) is 16.9. The number of likely N-dealkylation sites (tertiary alicyclic amines) is 1. The van der Waals surface area contributed by atoms with Crippen molar-refractivity contribution in [2.24, 2.45) is 5.92 Å². The molecule has 1 aliphatic heterocycles. The molecule has 0 aromatic carbocycles. The molecule has 1 aliphatic rings. The minimum atomic E-state index is -0.358. The Hall–Kier alpha value is -1.92. The van der Waals surface area contributed by atoms with Crippen LogP contribution in [0.1, 0.15) is 28.3 Å². The van der Waals surface area contributed by atoms with Crippen molar-refractivity contribution in [3.8, 4) is 5.75 Å². The summed E-state index contributed by atoms with van der Waals surface area (Å²) in [5.41, 5.74) is 3.99. The highest BCUT2D eigenvalue weighted by atomic mass is 16.5. The van der Waals surface area contributed by atoms with Gasteiger partial charge in [0.2, 0.25) is 0 Å². The molecule has 2 aromatic rings. The molecule has 0 spiro atoms. The van der Waals surface area contributed by atoms with Crippen molar-refractivity contribution < 1.29 is 14.4 Å². The first-order valence-electron chi connectivity index (χ1n) is 8.29. The van der Waals surface area contributed by atoms with Crippen molar-refractivity contribution >= 4 is 0 Å². The molecule has 0 saturated carbocycles. The third-order valence-corrected chi connectivity index (χ3v) is 4.75. The second-order valence-corrected chi connectivity index (χ2v) is 6.71. The number of rotatable bonds is 5. The number of ether oxygens (including phenoxy) is 1. The van der Waals surface area contributed by atoms with Crippen LogP contribution in [0.3, 0.4) is 0 Å². The molecular formula is C18H25N3O3. The average Bonchev–Trinajstić information content (AvgIpc) is 3.09. The van der Waals surface area contributed by atoms with E-state index in [1.54, 1.807) is 7.11 Å². The van der Waals surface area contributed by atoms with Gasteiger partial charge in [-0.3, -0.25) is 9.88 Å². The van der Waals surface area contributed by atoms with Crippen LogP contribution >= 0.6 is 0 Å². The van der Waals surface area contributed by atoms with Gasteiger partial charge in [0, 0.05) is 55.4 Å². The molecule has 6 heteroatoms. The molecule has 0 bridgehead atoms. The smallest absolute Gasteiger partial charge is 0.137 e. The summed E-state index contributed by atoms with van der Waals surface area (Å²) >= 11 is 0. The normalized spacial score (nSPS) is 21.4. The van der Waals surface area contributed by atoms with Gasteiger partial charge < -0.3 is 14.4 Å². The Balaban J connectivity index is 1.67. The number of aryl methyl sites for hydroxylation is 2. The molecule has 24 heavy (non-hydrogen) atoms. The zero-order valence-electron chi connectivity index (χ0n) is 14.7. The van der Waals surface area contributed by atoms with E-state index in [2.05, 4.69) is 15.0 Å². The molecular weight excluding hydrogens is 306 g/mol. The second-order valence-electron chi connectivity index (χ2n) is 6.71. The van der Waals surface area contributed by atoms with Crippen molar-refractivity contribution in [1.82, 2.24) is 15.0 Å². The molecule has 1 fully saturated rings. The van der Waals surface area contributed by atoms with E-state index >= 15 is 0 Å². The molecule has 0 unspecified atom stereocenters. The van der Waals surface area contributed by atoms with Crippen LogP contribution in [0.2, 0.25) is 0 Å². The fourth-order valence-corrected chi connectivity index (χ4v) is 3.48. The first-order valence-corrected chi connectivity index (χ1v) is 8.29. The number of hydrogen-bond acceptors (Lipinski definition) is 6. The predicted octanol–water partition coefficient (Wildman–Crippen LogP) is 2.04. The number of methoxy groups -OCH3 is 1. The summed E-state index contributed by atoms with van der Waals surface area (Å²) in [6, 6.07) is 1.94. The highest BCUT2D eigenvalue weighted by molar-refractivity contribution is 5.41. The zero-order valence-corrected chi connectivity index (χ0v) is 14.7. The molecule has 6 nitrogen and oxygen atoms in total. The van der Waals surface area contributed by atoms with Crippen LogP contribution in [0.5, 0.6) is 5.75 Å². The van der Waals surface area contributed by atoms with Gasteiger partial charge in [-0.25, -0.2) is 0 Å². The Morgan fingerprint density at radius 3 is 2.79 bits per heavy atom. The van der Waals surface area contributed by atoms with E-state index in [0.29, 0.717) is 19.5 Å². The fraction of sp³-hybridized carbons (Fsp3) is 0.556. The number of β-amino-alcohol motifs (C(OH)–C–C–N with tert-alkyl or cyclic N) is 1. The lowest BCUT2D eigenvalue weighted by Gasteiger charge is -2.18. The number of nitrogens with zero attached hydrogens (tertiary/aromatic N) is 3. The van der Waals surface area contributed by atoms with Crippen molar-refractivity contribution in [3.63, 3.8) is 0 Å². The van der Waals surface area contributed by atoms with Gasteiger partial charge in [-0.05, 0) is 20.8 Å². The topological polar surface area (TPSA) is 71.6 Å². The Morgan fingerprint density at radius 2 is 2.12 bits per heavy atom.